The van der Waals surface area contributed by atoms with E-state index in [1.165, 1.54) is 19.4 Å². The van der Waals surface area contributed by atoms with Gasteiger partial charge in [-0.2, -0.15) is 4.98 Å². The van der Waals surface area contributed by atoms with Crippen LogP contribution in [0.5, 0.6) is 5.88 Å². The maximum atomic E-state index is 14.3. The number of nitrogens with one attached hydrogen (secondary N) is 2. The number of piperidine rings is 1. The molecule has 3 aromatic rings. The Bertz CT molecular complexity index is 1140. The highest BCUT2D eigenvalue weighted by Crippen LogP contribution is 2.26. The van der Waals surface area contributed by atoms with E-state index in [1.807, 2.05) is 13.8 Å². The zero-order chi connectivity index (χ0) is 21.3. The minimum Gasteiger partial charge on any atom is -0.479 e. The molecule has 1 saturated heterocycles. The van der Waals surface area contributed by atoms with Crippen molar-refractivity contribution < 1.29 is 9.13 Å². The summed E-state index contributed by atoms with van der Waals surface area (Å²) in [4.78, 5) is 31.1. The van der Waals surface area contributed by atoms with Crippen molar-refractivity contribution in [3.8, 4) is 17.1 Å². The van der Waals surface area contributed by atoms with Crippen molar-refractivity contribution in [2.24, 2.45) is 0 Å². The Hall–Kier alpha value is -3.14. The Morgan fingerprint density at radius 3 is 2.87 bits per heavy atom. The molecule has 1 aliphatic rings. The average molecular weight is 413 g/mol. The van der Waals surface area contributed by atoms with Crippen molar-refractivity contribution in [2.45, 2.75) is 32.7 Å². The monoisotopic (exact) mass is 413 g/mol. The third-order valence-electron chi connectivity index (χ3n) is 5.16. The molecule has 0 aliphatic carbocycles. The molecule has 1 fully saturated rings. The summed E-state index contributed by atoms with van der Waals surface area (Å²) in [7, 11) is 1.34. The third kappa shape index (κ3) is 3.58. The molecule has 3 aromatic heterocycles. The maximum absolute atomic E-state index is 14.3. The van der Waals surface area contributed by atoms with Crippen LogP contribution >= 0.6 is 0 Å². The van der Waals surface area contributed by atoms with Gasteiger partial charge in [0.2, 0.25) is 11.8 Å². The molecule has 0 spiro atoms. The number of nitrogens with zero attached hydrogens (tertiary/aromatic N) is 5. The number of aromatic nitrogens is 5. The van der Waals surface area contributed by atoms with Crippen molar-refractivity contribution in [1.82, 2.24) is 29.8 Å². The number of ether oxygens (including phenoxy) is 1. The van der Waals surface area contributed by atoms with Crippen LogP contribution < -0.4 is 20.9 Å². The molecule has 0 radical (unpaired) electrons. The summed E-state index contributed by atoms with van der Waals surface area (Å²) in [6.07, 6.45) is 3.17. The van der Waals surface area contributed by atoms with Gasteiger partial charge in [-0.15, -0.1) is 0 Å². The predicted octanol–water partition coefficient (Wildman–Crippen LogP) is 2.06. The summed E-state index contributed by atoms with van der Waals surface area (Å²) >= 11 is 0. The molecule has 10 heteroatoms. The van der Waals surface area contributed by atoms with Crippen molar-refractivity contribution in [3.63, 3.8) is 0 Å². The fourth-order valence-electron chi connectivity index (χ4n) is 3.74. The van der Waals surface area contributed by atoms with E-state index in [4.69, 9.17) is 4.74 Å². The zero-order valence-corrected chi connectivity index (χ0v) is 17.2. The number of pyridine rings is 1. The molecule has 9 nitrogen and oxygen atoms in total. The first kappa shape index (κ1) is 20.1. The molecule has 1 atom stereocenters. The summed E-state index contributed by atoms with van der Waals surface area (Å²) in [6, 6.07) is 1.13. The van der Waals surface area contributed by atoms with Crippen LogP contribution in [-0.4, -0.2) is 51.2 Å². The molecule has 0 bridgehead atoms. The summed E-state index contributed by atoms with van der Waals surface area (Å²) in [6.45, 7) is 5.98. The minimum atomic E-state index is -0.655. The van der Waals surface area contributed by atoms with Gasteiger partial charge in [0.1, 0.15) is 11.2 Å². The topological polar surface area (TPSA) is 107 Å². The first-order valence-corrected chi connectivity index (χ1v) is 9.98. The van der Waals surface area contributed by atoms with E-state index in [2.05, 4.69) is 30.6 Å². The van der Waals surface area contributed by atoms with Crippen molar-refractivity contribution in [3.05, 3.63) is 34.1 Å². The van der Waals surface area contributed by atoms with Gasteiger partial charge < -0.3 is 15.4 Å². The number of anilines is 1. The van der Waals surface area contributed by atoms with Crippen LogP contribution in [0.4, 0.5) is 10.3 Å². The second kappa shape index (κ2) is 8.31. The molecule has 158 valence electrons. The van der Waals surface area contributed by atoms with E-state index in [1.54, 1.807) is 4.57 Å². The van der Waals surface area contributed by atoms with Gasteiger partial charge in [0.05, 0.1) is 18.8 Å². The Balaban J connectivity index is 1.99. The average Bonchev–Trinajstić information content (AvgIpc) is 2.74. The zero-order valence-electron chi connectivity index (χ0n) is 17.2. The lowest BCUT2D eigenvalue weighted by Gasteiger charge is -2.26. The smallest absolute Gasteiger partial charge is 0.279 e. The lowest BCUT2D eigenvalue weighted by Crippen LogP contribution is -2.38. The summed E-state index contributed by atoms with van der Waals surface area (Å²) < 4.78 is 20.8. The number of hydrogen-bond donors (Lipinski definition) is 2. The molecule has 4 heterocycles. The number of fused-ring (bicyclic) bond motifs is 1. The minimum absolute atomic E-state index is 0.0877. The first-order valence-electron chi connectivity index (χ1n) is 9.98. The Labute approximate surface area is 172 Å². The molecule has 2 N–H and O–H groups in total. The first-order chi connectivity index (χ1) is 14.5. The van der Waals surface area contributed by atoms with E-state index >= 15 is 0 Å². The normalized spacial score (nSPS) is 16.6. The third-order valence-corrected chi connectivity index (χ3v) is 5.16. The fourth-order valence-corrected chi connectivity index (χ4v) is 3.74. The Kier molecular flexibility index (Phi) is 5.58. The highest BCUT2D eigenvalue weighted by molar-refractivity contribution is 5.77. The van der Waals surface area contributed by atoms with Crippen LogP contribution in [0.3, 0.4) is 0 Å². The highest BCUT2D eigenvalue weighted by atomic mass is 19.1. The Morgan fingerprint density at radius 2 is 2.20 bits per heavy atom. The van der Waals surface area contributed by atoms with Gasteiger partial charge in [0.25, 0.3) is 5.56 Å². The van der Waals surface area contributed by atoms with Crippen LogP contribution in [-0.2, 0) is 0 Å². The number of rotatable bonds is 5. The number of aryl methyl sites for hydroxylation is 1. The van der Waals surface area contributed by atoms with Gasteiger partial charge in [-0.25, -0.2) is 19.3 Å². The summed E-state index contributed by atoms with van der Waals surface area (Å²) in [5.41, 5.74) is 1.69. The lowest BCUT2D eigenvalue weighted by atomic mass is 10.1. The molecule has 0 saturated carbocycles. The highest BCUT2D eigenvalue weighted by Gasteiger charge is 2.24. The van der Waals surface area contributed by atoms with Gasteiger partial charge >= 0.3 is 0 Å². The van der Waals surface area contributed by atoms with Crippen LogP contribution in [0.15, 0.2) is 17.1 Å². The van der Waals surface area contributed by atoms with E-state index in [0.29, 0.717) is 35.9 Å². The van der Waals surface area contributed by atoms with Gasteiger partial charge in [-0.1, -0.05) is 0 Å². The molecule has 0 unspecified atom stereocenters. The predicted molar refractivity (Wildman–Crippen MR) is 111 cm³/mol. The number of methoxy groups -OCH3 is 1. The molecule has 4 rings (SSSR count). The second-order valence-electron chi connectivity index (χ2n) is 7.19. The standard InChI is InChI=1S/C20H24FN7O2/c1-4-23-20-25-11(2)15-17(27-20)28(13-6-5-7-22-10-13)19(29)16(26-15)12-8-14(21)18(30-3)24-9-12/h8-9,13,22H,4-7,10H2,1-3H3,(H,23,25,27)/t13-/m0/s1. The van der Waals surface area contributed by atoms with Gasteiger partial charge in [0.15, 0.2) is 11.5 Å². The van der Waals surface area contributed by atoms with E-state index in [0.717, 1.165) is 19.4 Å². The quantitative estimate of drug-likeness (QED) is 0.655. The molecule has 0 amide bonds. The fraction of sp³-hybridized carbons (Fsp3) is 0.450. The second-order valence-corrected chi connectivity index (χ2v) is 7.19. The molecular weight excluding hydrogens is 389 g/mol. The van der Waals surface area contributed by atoms with Crippen LogP contribution in [0.25, 0.3) is 22.4 Å². The van der Waals surface area contributed by atoms with Crippen LogP contribution in [0.1, 0.15) is 31.5 Å². The molecule has 30 heavy (non-hydrogen) atoms. The molecule has 1 aliphatic heterocycles. The van der Waals surface area contributed by atoms with Gasteiger partial charge in [-0.3, -0.25) is 9.36 Å². The van der Waals surface area contributed by atoms with Crippen molar-refractivity contribution in [2.75, 3.05) is 32.1 Å². The maximum Gasteiger partial charge on any atom is 0.279 e. The summed E-state index contributed by atoms with van der Waals surface area (Å²) in [5, 5.41) is 6.44. The van der Waals surface area contributed by atoms with Gasteiger partial charge in [0, 0.05) is 24.8 Å². The van der Waals surface area contributed by atoms with E-state index < -0.39 is 5.82 Å². The van der Waals surface area contributed by atoms with Gasteiger partial charge in [-0.05, 0) is 39.3 Å². The van der Waals surface area contributed by atoms with Crippen molar-refractivity contribution >= 4 is 17.1 Å². The van der Waals surface area contributed by atoms with Crippen LogP contribution in [0, 0.1) is 12.7 Å². The largest absolute Gasteiger partial charge is 0.479 e. The number of halogens is 1. The summed E-state index contributed by atoms with van der Waals surface area (Å²) in [5.74, 6) is -0.338. The van der Waals surface area contributed by atoms with Crippen molar-refractivity contribution in [1.29, 1.82) is 0 Å². The van der Waals surface area contributed by atoms with Crippen LogP contribution in [0.2, 0.25) is 0 Å². The van der Waals surface area contributed by atoms with E-state index in [9.17, 15) is 9.18 Å². The lowest BCUT2D eigenvalue weighted by molar-refractivity contribution is 0.368. The SMILES string of the molecule is CCNc1nc(C)c2nc(-c3cnc(OC)c(F)c3)c(=O)n([C@H]3CCCNC3)c2n1. The Morgan fingerprint density at radius 1 is 1.37 bits per heavy atom. The molecule has 0 aromatic carbocycles. The number of hydrogen-bond acceptors (Lipinski definition) is 8. The van der Waals surface area contributed by atoms with E-state index in [-0.39, 0.29) is 28.7 Å². The molecular formula is C20H24FN7O2.